The van der Waals surface area contributed by atoms with Gasteiger partial charge in [0, 0.05) is 13.0 Å². The maximum Gasteiger partial charge on any atom is 0.406 e. The van der Waals surface area contributed by atoms with Crippen LogP contribution in [0.5, 0.6) is 0 Å². The van der Waals surface area contributed by atoms with Crippen LogP contribution in [-0.4, -0.2) is 52.6 Å². The minimum Gasteiger partial charge on any atom is -0.480 e. The van der Waals surface area contributed by atoms with Crippen LogP contribution in [0.3, 0.4) is 0 Å². The molecule has 0 spiro atoms. The molecule has 22 heavy (non-hydrogen) atoms. The molecule has 9 heteroatoms. The normalized spacial score (nSPS) is 24.6. The zero-order valence-electron chi connectivity index (χ0n) is 11.8. The molecule has 2 N–H and O–H groups in total. The third-order valence-electron chi connectivity index (χ3n) is 4.18. The average Bonchev–Trinajstić information content (AvgIpc) is 2.97. The van der Waals surface area contributed by atoms with E-state index in [1.54, 1.807) is 0 Å². The van der Waals surface area contributed by atoms with Gasteiger partial charge in [0.1, 0.15) is 12.1 Å². The van der Waals surface area contributed by atoms with Crippen LogP contribution in [0, 0.1) is 5.92 Å². The lowest BCUT2D eigenvalue weighted by Gasteiger charge is -2.27. The number of carboxylic acids is 1. The van der Waals surface area contributed by atoms with E-state index in [-0.39, 0.29) is 13.0 Å². The molecule has 0 aromatic rings. The number of nitrogens with one attached hydrogen (secondary N) is 1. The number of amides is 2. The quantitative estimate of drug-likeness (QED) is 0.805. The third-order valence-corrected chi connectivity index (χ3v) is 4.18. The van der Waals surface area contributed by atoms with Gasteiger partial charge in [-0.2, -0.15) is 13.2 Å². The maximum atomic E-state index is 12.3. The van der Waals surface area contributed by atoms with Crippen molar-refractivity contribution in [1.29, 1.82) is 0 Å². The second-order valence-corrected chi connectivity index (χ2v) is 5.87. The van der Waals surface area contributed by atoms with Crippen LogP contribution in [0.15, 0.2) is 0 Å². The summed E-state index contributed by atoms with van der Waals surface area (Å²) >= 11 is 0. The Bertz CT molecular complexity index is 486. The summed E-state index contributed by atoms with van der Waals surface area (Å²) in [5, 5.41) is 11.7. The molecule has 1 heterocycles. The Balaban J connectivity index is 1.99. The highest BCUT2D eigenvalue weighted by Crippen LogP contribution is 2.31. The SMILES string of the molecule is O=C(NC1(C(=O)O)CCCC1)C1CC(=O)N(CC(F)(F)F)C1. The molecule has 2 fully saturated rings. The Labute approximate surface area is 124 Å². The van der Waals surface area contributed by atoms with Crippen LogP contribution in [0.1, 0.15) is 32.1 Å². The lowest BCUT2D eigenvalue weighted by Crippen LogP contribution is -2.54. The molecule has 1 unspecified atom stereocenters. The average molecular weight is 322 g/mol. The minimum atomic E-state index is -4.52. The zero-order chi connectivity index (χ0) is 16.5. The van der Waals surface area contributed by atoms with Crippen LogP contribution in [0.25, 0.3) is 0 Å². The van der Waals surface area contributed by atoms with Gasteiger partial charge in [-0.15, -0.1) is 0 Å². The van der Waals surface area contributed by atoms with Gasteiger partial charge in [0.05, 0.1) is 5.92 Å². The fourth-order valence-electron chi connectivity index (χ4n) is 3.03. The molecule has 1 aliphatic heterocycles. The van der Waals surface area contributed by atoms with Crippen LogP contribution >= 0.6 is 0 Å². The Morgan fingerprint density at radius 2 is 1.91 bits per heavy atom. The minimum absolute atomic E-state index is 0.293. The summed E-state index contributed by atoms with van der Waals surface area (Å²) in [5.41, 5.74) is -1.35. The molecule has 1 aliphatic carbocycles. The number of aliphatic carboxylic acids is 1. The largest absolute Gasteiger partial charge is 0.480 e. The Morgan fingerprint density at radius 1 is 1.32 bits per heavy atom. The monoisotopic (exact) mass is 322 g/mol. The first-order valence-electron chi connectivity index (χ1n) is 7.03. The van der Waals surface area contributed by atoms with E-state index in [1.807, 2.05) is 0 Å². The van der Waals surface area contributed by atoms with Gasteiger partial charge < -0.3 is 15.3 Å². The van der Waals surface area contributed by atoms with E-state index in [1.165, 1.54) is 0 Å². The lowest BCUT2D eigenvalue weighted by atomic mass is 9.96. The second kappa shape index (κ2) is 5.77. The number of carboxylic acid groups (broad SMARTS) is 1. The second-order valence-electron chi connectivity index (χ2n) is 5.87. The fourth-order valence-corrected chi connectivity index (χ4v) is 3.03. The number of hydrogen-bond donors (Lipinski definition) is 2. The summed E-state index contributed by atoms with van der Waals surface area (Å²) in [4.78, 5) is 35.6. The number of nitrogens with zero attached hydrogens (tertiary/aromatic N) is 1. The Kier molecular flexibility index (Phi) is 4.35. The molecule has 2 aliphatic rings. The highest BCUT2D eigenvalue weighted by atomic mass is 19.4. The first-order chi connectivity index (χ1) is 10.1. The molecule has 124 valence electrons. The number of carbonyl (C=O) groups is 3. The molecule has 0 aromatic carbocycles. The summed E-state index contributed by atoms with van der Waals surface area (Å²) < 4.78 is 37.0. The van der Waals surface area contributed by atoms with E-state index in [2.05, 4.69) is 5.32 Å². The van der Waals surface area contributed by atoms with Gasteiger partial charge in [-0.1, -0.05) is 12.8 Å². The van der Waals surface area contributed by atoms with Crippen molar-refractivity contribution in [3.05, 3.63) is 0 Å². The standard InChI is InChI=1S/C13H17F3N2O4/c14-13(15,16)7-18-6-8(5-9(18)19)10(20)17-12(11(21)22)3-1-2-4-12/h8H,1-7H2,(H,17,20)(H,21,22). The van der Waals surface area contributed by atoms with E-state index >= 15 is 0 Å². The van der Waals surface area contributed by atoms with Gasteiger partial charge >= 0.3 is 12.1 Å². The summed E-state index contributed by atoms with van der Waals surface area (Å²) in [7, 11) is 0. The van der Waals surface area contributed by atoms with E-state index in [0.717, 1.165) is 0 Å². The van der Waals surface area contributed by atoms with Crippen molar-refractivity contribution in [2.45, 2.75) is 43.8 Å². The maximum absolute atomic E-state index is 12.3. The molecule has 1 atom stereocenters. The predicted octanol–water partition coefficient (Wildman–Crippen LogP) is 0.911. The number of likely N-dealkylation sites (tertiary alicyclic amines) is 1. The Hall–Kier alpha value is -1.80. The van der Waals surface area contributed by atoms with E-state index < -0.39 is 42.0 Å². The molecule has 0 radical (unpaired) electrons. The van der Waals surface area contributed by atoms with Crippen molar-refractivity contribution in [2.24, 2.45) is 5.92 Å². The van der Waals surface area contributed by atoms with Crippen LogP contribution in [0.4, 0.5) is 13.2 Å². The summed E-state index contributed by atoms with van der Waals surface area (Å²) in [6, 6.07) is 0. The van der Waals surface area contributed by atoms with E-state index in [4.69, 9.17) is 0 Å². The third kappa shape index (κ3) is 3.50. The molecule has 0 aromatic heterocycles. The highest BCUT2D eigenvalue weighted by Gasteiger charge is 2.46. The Morgan fingerprint density at radius 3 is 2.41 bits per heavy atom. The number of hydrogen-bond acceptors (Lipinski definition) is 3. The van der Waals surface area contributed by atoms with Gasteiger partial charge in [-0.3, -0.25) is 9.59 Å². The topological polar surface area (TPSA) is 86.7 Å². The van der Waals surface area contributed by atoms with Crippen molar-refractivity contribution in [1.82, 2.24) is 10.2 Å². The molecule has 1 saturated carbocycles. The van der Waals surface area contributed by atoms with Gasteiger partial charge in [-0.05, 0) is 12.8 Å². The van der Waals surface area contributed by atoms with Gasteiger partial charge in [0.2, 0.25) is 11.8 Å². The molecular weight excluding hydrogens is 305 g/mol. The number of rotatable bonds is 4. The number of alkyl halides is 3. The smallest absolute Gasteiger partial charge is 0.406 e. The molecule has 6 nitrogen and oxygen atoms in total. The van der Waals surface area contributed by atoms with Crippen molar-refractivity contribution >= 4 is 17.8 Å². The lowest BCUT2D eigenvalue weighted by molar-refractivity contribution is -0.157. The van der Waals surface area contributed by atoms with Crippen molar-refractivity contribution in [3.8, 4) is 0 Å². The summed E-state index contributed by atoms with van der Waals surface area (Å²) in [5.74, 6) is -3.49. The summed E-state index contributed by atoms with van der Waals surface area (Å²) in [6.07, 6.45) is -2.93. The van der Waals surface area contributed by atoms with E-state index in [9.17, 15) is 32.7 Å². The van der Waals surface area contributed by atoms with Crippen molar-refractivity contribution < 1.29 is 32.7 Å². The fraction of sp³-hybridized carbons (Fsp3) is 0.769. The van der Waals surface area contributed by atoms with Gasteiger partial charge in [-0.25, -0.2) is 4.79 Å². The van der Waals surface area contributed by atoms with Gasteiger partial charge in [0.15, 0.2) is 0 Å². The number of carbonyl (C=O) groups excluding carboxylic acids is 2. The molecule has 0 bridgehead atoms. The molecule has 2 rings (SSSR count). The van der Waals surface area contributed by atoms with Crippen LogP contribution in [-0.2, 0) is 14.4 Å². The number of halogens is 3. The highest BCUT2D eigenvalue weighted by molar-refractivity contribution is 5.92. The first-order valence-corrected chi connectivity index (χ1v) is 7.03. The van der Waals surface area contributed by atoms with Crippen molar-refractivity contribution in [3.63, 3.8) is 0 Å². The first kappa shape index (κ1) is 16.6. The van der Waals surface area contributed by atoms with E-state index in [0.29, 0.717) is 30.6 Å². The van der Waals surface area contributed by atoms with Crippen molar-refractivity contribution in [2.75, 3.05) is 13.1 Å². The van der Waals surface area contributed by atoms with Crippen LogP contribution in [0.2, 0.25) is 0 Å². The molecular formula is C13H17F3N2O4. The van der Waals surface area contributed by atoms with Gasteiger partial charge in [0.25, 0.3) is 0 Å². The summed E-state index contributed by atoms with van der Waals surface area (Å²) in [6.45, 7) is -1.72. The predicted molar refractivity (Wildman–Crippen MR) is 67.7 cm³/mol. The molecule has 1 saturated heterocycles. The zero-order valence-corrected chi connectivity index (χ0v) is 11.8. The molecule has 2 amide bonds. The van der Waals surface area contributed by atoms with Crippen LogP contribution < -0.4 is 5.32 Å².